The summed E-state index contributed by atoms with van der Waals surface area (Å²) in [5.74, 6) is 0.838. The van der Waals surface area contributed by atoms with Gasteiger partial charge >= 0.3 is 0 Å². The number of anilines is 1. The van der Waals surface area contributed by atoms with E-state index in [1.165, 1.54) is 23.1 Å². The van der Waals surface area contributed by atoms with Crippen LogP contribution in [0.5, 0.6) is 5.75 Å². The highest BCUT2D eigenvalue weighted by Gasteiger charge is 2.16. The fourth-order valence-corrected chi connectivity index (χ4v) is 3.70. The second kappa shape index (κ2) is 8.73. The maximum absolute atomic E-state index is 12.1. The second-order valence-electron chi connectivity index (χ2n) is 4.77. The van der Waals surface area contributed by atoms with Crippen LogP contribution in [-0.2, 0) is 11.2 Å². The topological polar surface area (TPSA) is 76.1 Å². The molecule has 0 spiro atoms. The molecule has 2 rings (SSSR count). The Morgan fingerprint density at radius 1 is 1.35 bits per heavy atom. The van der Waals surface area contributed by atoms with Crippen molar-refractivity contribution in [2.75, 3.05) is 26.0 Å². The quantitative estimate of drug-likeness (QED) is 0.711. The maximum Gasteiger partial charge on any atom is 0.233 e. The Bertz CT molecular complexity index is 631. The van der Waals surface area contributed by atoms with Gasteiger partial charge in [-0.25, -0.2) is 0 Å². The summed E-state index contributed by atoms with van der Waals surface area (Å²) in [5.41, 5.74) is 1.16. The van der Waals surface area contributed by atoms with Gasteiger partial charge in [0.15, 0.2) is 4.34 Å². The number of nitrogens with zero attached hydrogens (tertiary/aromatic N) is 2. The first-order valence-electron chi connectivity index (χ1n) is 7.21. The Kier molecular flexibility index (Phi) is 6.66. The average Bonchev–Trinajstić information content (AvgIpc) is 3.03. The van der Waals surface area contributed by atoms with Crippen LogP contribution in [0.25, 0.3) is 0 Å². The summed E-state index contributed by atoms with van der Waals surface area (Å²) < 4.78 is 5.91. The molecule has 0 aliphatic heterocycles. The van der Waals surface area contributed by atoms with E-state index in [1.807, 2.05) is 31.2 Å². The zero-order chi connectivity index (χ0) is 16.7. The molecule has 1 atom stereocenters. The van der Waals surface area contributed by atoms with Crippen LogP contribution in [0.4, 0.5) is 5.13 Å². The van der Waals surface area contributed by atoms with Crippen LogP contribution in [0, 0.1) is 0 Å². The molecule has 23 heavy (non-hydrogen) atoms. The lowest BCUT2D eigenvalue weighted by Gasteiger charge is -2.10. The Morgan fingerprint density at radius 3 is 2.70 bits per heavy atom. The van der Waals surface area contributed by atoms with E-state index in [4.69, 9.17) is 4.74 Å². The first kappa shape index (κ1) is 17.6. The third kappa shape index (κ3) is 5.40. The highest BCUT2D eigenvalue weighted by atomic mass is 32.2. The molecular weight excluding hydrogens is 332 g/mol. The summed E-state index contributed by atoms with van der Waals surface area (Å²) in [5, 5.41) is 14.4. The molecule has 0 fully saturated rings. The molecule has 8 heteroatoms. The Morgan fingerprint density at radius 2 is 2.09 bits per heavy atom. The maximum atomic E-state index is 12.1. The zero-order valence-corrected chi connectivity index (χ0v) is 15.0. The van der Waals surface area contributed by atoms with Crippen LogP contribution in [0.3, 0.4) is 0 Å². The van der Waals surface area contributed by atoms with Gasteiger partial charge in [-0.3, -0.25) is 4.79 Å². The number of aromatic nitrogens is 2. The van der Waals surface area contributed by atoms with Crippen LogP contribution >= 0.6 is 23.1 Å². The van der Waals surface area contributed by atoms with Gasteiger partial charge < -0.3 is 15.4 Å². The summed E-state index contributed by atoms with van der Waals surface area (Å²) in [4.78, 5) is 12.1. The average molecular weight is 352 g/mol. The molecule has 1 amide bonds. The van der Waals surface area contributed by atoms with E-state index in [9.17, 15) is 4.79 Å². The molecule has 0 radical (unpaired) electrons. The third-order valence-electron chi connectivity index (χ3n) is 3.14. The van der Waals surface area contributed by atoms with Gasteiger partial charge in [0.1, 0.15) is 5.75 Å². The van der Waals surface area contributed by atoms with E-state index < -0.39 is 0 Å². The number of rotatable bonds is 8. The van der Waals surface area contributed by atoms with Gasteiger partial charge in [0.25, 0.3) is 0 Å². The molecule has 2 aromatic rings. The lowest BCUT2D eigenvalue weighted by molar-refractivity contribution is -0.120. The summed E-state index contributed by atoms with van der Waals surface area (Å²) in [6, 6.07) is 7.85. The van der Waals surface area contributed by atoms with Crippen molar-refractivity contribution in [1.29, 1.82) is 0 Å². The number of hydrogen-bond acceptors (Lipinski definition) is 7. The number of amides is 1. The van der Waals surface area contributed by atoms with Crippen LogP contribution in [0.2, 0.25) is 0 Å². The van der Waals surface area contributed by atoms with E-state index >= 15 is 0 Å². The van der Waals surface area contributed by atoms with Crippen molar-refractivity contribution in [3.05, 3.63) is 29.8 Å². The molecule has 0 aliphatic rings. The molecule has 1 aromatic heterocycles. The minimum atomic E-state index is -0.205. The number of hydrogen-bond donors (Lipinski definition) is 2. The predicted octanol–water partition coefficient (Wildman–Crippen LogP) is 2.43. The Hall–Kier alpha value is -1.80. The zero-order valence-electron chi connectivity index (χ0n) is 13.3. The van der Waals surface area contributed by atoms with Gasteiger partial charge in [0.05, 0.1) is 12.4 Å². The fourth-order valence-electron chi connectivity index (χ4n) is 1.83. The van der Waals surface area contributed by atoms with Crippen molar-refractivity contribution in [2.24, 2.45) is 0 Å². The SMILES string of the molecule is CNc1nnc(S[C@H](C)C(=O)NCCc2ccc(OC)cc2)s1. The van der Waals surface area contributed by atoms with Gasteiger partial charge in [0.2, 0.25) is 11.0 Å². The summed E-state index contributed by atoms with van der Waals surface area (Å²) >= 11 is 2.86. The molecule has 2 N–H and O–H groups in total. The molecule has 0 saturated carbocycles. The van der Waals surface area contributed by atoms with Crippen molar-refractivity contribution in [1.82, 2.24) is 15.5 Å². The van der Waals surface area contributed by atoms with Crippen LogP contribution < -0.4 is 15.4 Å². The Labute approximate surface area is 144 Å². The highest BCUT2D eigenvalue weighted by molar-refractivity contribution is 8.02. The van der Waals surface area contributed by atoms with Crippen molar-refractivity contribution >= 4 is 34.1 Å². The van der Waals surface area contributed by atoms with Gasteiger partial charge in [-0.1, -0.05) is 35.2 Å². The lowest BCUT2D eigenvalue weighted by atomic mass is 10.1. The summed E-state index contributed by atoms with van der Waals surface area (Å²) in [7, 11) is 3.44. The molecular formula is C15H20N4O2S2. The number of thioether (sulfide) groups is 1. The smallest absolute Gasteiger partial charge is 0.233 e. The molecule has 0 unspecified atom stereocenters. The normalized spacial score (nSPS) is 11.8. The van der Waals surface area contributed by atoms with E-state index in [2.05, 4.69) is 20.8 Å². The molecule has 124 valence electrons. The minimum Gasteiger partial charge on any atom is -0.497 e. The van der Waals surface area contributed by atoms with Crippen LogP contribution in [0.15, 0.2) is 28.6 Å². The molecule has 0 bridgehead atoms. The van der Waals surface area contributed by atoms with Crippen LogP contribution in [-0.4, -0.2) is 42.1 Å². The van der Waals surface area contributed by atoms with Gasteiger partial charge in [-0.05, 0) is 31.0 Å². The number of carbonyl (C=O) groups excluding carboxylic acids is 1. The first-order chi connectivity index (χ1) is 11.1. The number of ether oxygens (including phenoxy) is 1. The molecule has 1 aromatic carbocycles. The first-order valence-corrected chi connectivity index (χ1v) is 8.90. The standard InChI is InChI=1S/C15H20N4O2S2/c1-10(22-15-19-18-14(16-2)23-15)13(20)17-9-8-11-4-6-12(21-3)7-5-11/h4-7,10H,8-9H2,1-3H3,(H,16,18)(H,17,20)/t10-/m1/s1. The summed E-state index contributed by atoms with van der Waals surface area (Å²) in [6.45, 7) is 2.47. The number of methoxy groups -OCH3 is 1. The fraction of sp³-hybridized carbons (Fsp3) is 0.400. The molecule has 0 saturated heterocycles. The largest absolute Gasteiger partial charge is 0.497 e. The van der Waals surface area contributed by atoms with E-state index in [0.29, 0.717) is 6.54 Å². The van der Waals surface area contributed by atoms with Gasteiger partial charge in [-0.2, -0.15) is 0 Å². The van der Waals surface area contributed by atoms with Crippen molar-refractivity contribution < 1.29 is 9.53 Å². The van der Waals surface area contributed by atoms with E-state index in [0.717, 1.165) is 27.2 Å². The Balaban J connectivity index is 1.74. The van der Waals surface area contributed by atoms with Gasteiger partial charge in [0, 0.05) is 13.6 Å². The molecule has 1 heterocycles. The van der Waals surface area contributed by atoms with Crippen molar-refractivity contribution in [3.63, 3.8) is 0 Å². The highest BCUT2D eigenvalue weighted by Crippen LogP contribution is 2.28. The number of benzene rings is 1. The van der Waals surface area contributed by atoms with Crippen molar-refractivity contribution in [3.8, 4) is 5.75 Å². The monoisotopic (exact) mass is 352 g/mol. The molecule has 0 aliphatic carbocycles. The van der Waals surface area contributed by atoms with E-state index in [1.54, 1.807) is 14.2 Å². The van der Waals surface area contributed by atoms with E-state index in [-0.39, 0.29) is 11.2 Å². The van der Waals surface area contributed by atoms with Gasteiger partial charge in [-0.15, -0.1) is 10.2 Å². The number of carbonyl (C=O) groups is 1. The number of nitrogens with one attached hydrogen (secondary N) is 2. The van der Waals surface area contributed by atoms with Crippen molar-refractivity contribution in [2.45, 2.75) is 22.9 Å². The third-order valence-corrected chi connectivity index (χ3v) is 5.26. The summed E-state index contributed by atoms with van der Waals surface area (Å²) in [6.07, 6.45) is 0.788. The molecule has 6 nitrogen and oxygen atoms in total. The minimum absolute atomic E-state index is 0.00437. The predicted molar refractivity (Wildman–Crippen MR) is 94.5 cm³/mol. The van der Waals surface area contributed by atoms with Crippen LogP contribution in [0.1, 0.15) is 12.5 Å². The lowest BCUT2D eigenvalue weighted by Crippen LogP contribution is -2.32. The second-order valence-corrected chi connectivity index (χ2v) is 7.34.